The van der Waals surface area contributed by atoms with Crippen molar-refractivity contribution >= 4 is 28.4 Å². The molecule has 0 saturated carbocycles. The maximum atomic E-state index is 12.9. The molecular weight excluding hydrogens is 326 g/mol. The third-order valence-corrected chi connectivity index (χ3v) is 4.28. The molecule has 4 rings (SSSR count). The summed E-state index contributed by atoms with van der Waals surface area (Å²) in [5.74, 6) is 1.10. The Kier molecular flexibility index (Phi) is 3.46. The minimum absolute atomic E-state index is 0.187. The molecule has 0 fully saturated rings. The van der Waals surface area contributed by atoms with Gasteiger partial charge in [0.05, 0.1) is 23.7 Å². The van der Waals surface area contributed by atoms with E-state index in [1.165, 1.54) is 18.0 Å². The zero-order valence-electron chi connectivity index (χ0n) is 13.0. The molecule has 0 radical (unpaired) electrons. The number of para-hydroxylation sites is 2. The van der Waals surface area contributed by atoms with Crippen LogP contribution in [-0.2, 0) is 0 Å². The van der Waals surface area contributed by atoms with Gasteiger partial charge in [-0.05, 0) is 24.5 Å². The average Bonchev–Trinajstić information content (AvgIpc) is 3.06. The van der Waals surface area contributed by atoms with Crippen molar-refractivity contribution in [1.29, 1.82) is 0 Å². The van der Waals surface area contributed by atoms with E-state index in [2.05, 4.69) is 15.1 Å². The van der Waals surface area contributed by atoms with Crippen molar-refractivity contribution in [3.05, 3.63) is 53.1 Å². The van der Waals surface area contributed by atoms with E-state index in [-0.39, 0.29) is 5.56 Å². The van der Waals surface area contributed by atoms with Gasteiger partial charge in [-0.15, -0.1) is 5.10 Å². The van der Waals surface area contributed by atoms with E-state index < -0.39 is 0 Å². The Balaban J connectivity index is 2.02. The standard InChI is InChI=1S/C16H13N5O2S/c1-23-13-6-4-3-5-12(13)20-8-7-11-10(14(20)22)9-17-15-18-16(24-2)19-21(11)15/h3-9H,1-2H3. The van der Waals surface area contributed by atoms with Gasteiger partial charge < -0.3 is 4.74 Å². The van der Waals surface area contributed by atoms with Gasteiger partial charge in [0.2, 0.25) is 5.16 Å². The van der Waals surface area contributed by atoms with Crippen molar-refractivity contribution in [2.45, 2.75) is 5.16 Å². The minimum Gasteiger partial charge on any atom is -0.495 e. The average molecular weight is 339 g/mol. The number of methoxy groups -OCH3 is 1. The summed E-state index contributed by atoms with van der Waals surface area (Å²) in [7, 11) is 1.58. The Morgan fingerprint density at radius 3 is 2.83 bits per heavy atom. The van der Waals surface area contributed by atoms with E-state index in [1.807, 2.05) is 36.6 Å². The number of ether oxygens (including phenoxy) is 1. The van der Waals surface area contributed by atoms with Crippen molar-refractivity contribution in [2.75, 3.05) is 13.4 Å². The number of thioether (sulfide) groups is 1. The smallest absolute Gasteiger partial charge is 0.266 e. The summed E-state index contributed by atoms with van der Waals surface area (Å²) in [6.07, 6.45) is 5.14. The van der Waals surface area contributed by atoms with E-state index in [9.17, 15) is 4.79 Å². The summed E-state index contributed by atoms with van der Waals surface area (Å²) in [6, 6.07) is 9.20. The van der Waals surface area contributed by atoms with Gasteiger partial charge in [-0.2, -0.15) is 9.50 Å². The van der Waals surface area contributed by atoms with Gasteiger partial charge in [-0.3, -0.25) is 9.36 Å². The van der Waals surface area contributed by atoms with Crippen molar-refractivity contribution in [2.24, 2.45) is 0 Å². The normalized spacial score (nSPS) is 11.2. The fourth-order valence-corrected chi connectivity index (χ4v) is 2.94. The largest absolute Gasteiger partial charge is 0.495 e. The van der Waals surface area contributed by atoms with Crippen molar-refractivity contribution in [3.63, 3.8) is 0 Å². The molecule has 1 aromatic carbocycles. The Morgan fingerprint density at radius 1 is 1.21 bits per heavy atom. The lowest BCUT2D eigenvalue weighted by molar-refractivity contribution is 0.412. The van der Waals surface area contributed by atoms with Crippen LogP contribution in [-0.4, -0.2) is 37.5 Å². The van der Waals surface area contributed by atoms with Gasteiger partial charge in [-0.1, -0.05) is 23.9 Å². The van der Waals surface area contributed by atoms with Crippen LogP contribution in [0.3, 0.4) is 0 Å². The van der Waals surface area contributed by atoms with Crippen LogP contribution in [0.2, 0.25) is 0 Å². The van der Waals surface area contributed by atoms with Crippen molar-refractivity contribution in [1.82, 2.24) is 24.1 Å². The lowest BCUT2D eigenvalue weighted by Gasteiger charge is -2.11. The third kappa shape index (κ3) is 2.15. The van der Waals surface area contributed by atoms with Crippen LogP contribution in [0, 0.1) is 0 Å². The quantitative estimate of drug-likeness (QED) is 0.533. The molecule has 0 saturated heterocycles. The van der Waals surface area contributed by atoms with E-state index >= 15 is 0 Å². The highest BCUT2D eigenvalue weighted by Gasteiger charge is 2.13. The first-order valence-corrected chi connectivity index (χ1v) is 8.40. The number of hydrogen-bond donors (Lipinski definition) is 0. The van der Waals surface area contributed by atoms with Gasteiger partial charge in [0.25, 0.3) is 11.3 Å². The summed E-state index contributed by atoms with van der Waals surface area (Å²) < 4.78 is 8.48. The SMILES string of the molecule is COc1ccccc1-n1ccc2c(cnc3nc(SC)nn32)c1=O. The molecule has 0 unspecified atom stereocenters. The Labute approximate surface area is 140 Å². The van der Waals surface area contributed by atoms with Crippen LogP contribution in [0.25, 0.3) is 22.4 Å². The predicted molar refractivity (Wildman–Crippen MR) is 92.2 cm³/mol. The molecule has 0 aliphatic rings. The lowest BCUT2D eigenvalue weighted by Crippen LogP contribution is -2.19. The highest BCUT2D eigenvalue weighted by molar-refractivity contribution is 7.98. The van der Waals surface area contributed by atoms with Gasteiger partial charge in [0, 0.05) is 12.4 Å². The molecule has 3 aromatic heterocycles. The second-order valence-corrected chi connectivity index (χ2v) is 5.80. The van der Waals surface area contributed by atoms with Crippen LogP contribution in [0.4, 0.5) is 0 Å². The van der Waals surface area contributed by atoms with E-state index in [4.69, 9.17) is 4.74 Å². The number of pyridine rings is 1. The van der Waals surface area contributed by atoms with Crippen LogP contribution >= 0.6 is 11.8 Å². The van der Waals surface area contributed by atoms with E-state index in [0.717, 1.165) is 0 Å². The zero-order chi connectivity index (χ0) is 16.7. The molecular formula is C16H13N5O2S. The molecule has 3 heterocycles. The van der Waals surface area contributed by atoms with Gasteiger partial charge in [0.15, 0.2) is 0 Å². The minimum atomic E-state index is -0.187. The molecule has 0 atom stereocenters. The molecule has 0 spiro atoms. The fourth-order valence-electron chi connectivity index (χ4n) is 2.61. The topological polar surface area (TPSA) is 74.3 Å². The highest BCUT2D eigenvalue weighted by atomic mass is 32.2. The van der Waals surface area contributed by atoms with Crippen molar-refractivity contribution in [3.8, 4) is 11.4 Å². The monoisotopic (exact) mass is 339 g/mol. The number of fused-ring (bicyclic) bond motifs is 3. The molecule has 120 valence electrons. The maximum absolute atomic E-state index is 12.9. The Bertz CT molecular complexity index is 1120. The van der Waals surface area contributed by atoms with E-state index in [0.29, 0.717) is 33.3 Å². The summed E-state index contributed by atoms with van der Waals surface area (Å²) in [4.78, 5) is 21.5. The molecule has 0 aliphatic heterocycles. The molecule has 24 heavy (non-hydrogen) atoms. The van der Waals surface area contributed by atoms with Gasteiger partial charge in [0.1, 0.15) is 5.75 Å². The van der Waals surface area contributed by atoms with E-state index in [1.54, 1.807) is 22.4 Å². The lowest BCUT2D eigenvalue weighted by atomic mass is 10.2. The predicted octanol–water partition coefficient (Wildman–Crippen LogP) is 2.16. The van der Waals surface area contributed by atoms with Crippen LogP contribution < -0.4 is 10.3 Å². The zero-order valence-corrected chi connectivity index (χ0v) is 13.8. The maximum Gasteiger partial charge on any atom is 0.266 e. The van der Waals surface area contributed by atoms with Crippen LogP contribution in [0.5, 0.6) is 5.75 Å². The Hall–Kier alpha value is -2.87. The first-order valence-electron chi connectivity index (χ1n) is 7.17. The molecule has 0 N–H and O–H groups in total. The number of aromatic nitrogens is 5. The molecule has 4 aromatic rings. The fraction of sp³-hybridized carbons (Fsp3) is 0.125. The summed E-state index contributed by atoms with van der Waals surface area (Å²) >= 11 is 1.43. The third-order valence-electron chi connectivity index (χ3n) is 3.74. The van der Waals surface area contributed by atoms with Crippen molar-refractivity contribution < 1.29 is 4.74 Å². The Morgan fingerprint density at radius 2 is 2.04 bits per heavy atom. The molecule has 0 amide bonds. The first kappa shape index (κ1) is 14.7. The van der Waals surface area contributed by atoms with Gasteiger partial charge >= 0.3 is 0 Å². The first-order chi connectivity index (χ1) is 11.7. The number of benzene rings is 1. The molecule has 0 aliphatic carbocycles. The summed E-state index contributed by atoms with van der Waals surface area (Å²) in [5.41, 5.74) is 1.16. The molecule has 0 bridgehead atoms. The second-order valence-electron chi connectivity index (χ2n) is 5.03. The van der Waals surface area contributed by atoms with Gasteiger partial charge in [-0.25, -0.2) is 4.98 Å². The molecule has 7 nitrogen and oxygen atoms in total. The second kappa shape index (κ2) is 5.64. The number of hydrogen-bond acceptors (Lipinski definition) is 6. The number of rotatable bonds is 3. The molecule has 8 heteroatoms. The highest BCUT2D eigenvalue weighted by Crippen LogP contribution is 2.22. The van der Waals surface area contributed by atoms with Crippen LogP contribution in [0.15, 0.2) is 52.7 Å². The summed E-state index contributed by atoms with van der Waals surface area (Å²) in [6.45, 7) is 0. The van der Waals surface area contributed by atoms with Crippen LogP contribution in [0.1, 0.15) is 0 Å². The number of nitrogens with zero attached hydrogens (tertiary/aromatic N) is 5. The summed E-state index contributed by atoms with van der Waals surface area (Å²) in [5, 5.41) is 5.45.